The SMILES string of the molecule is Cc1sc2cc(O)ccc2c1C. The lowest BCUT2D eigenvalue weighted by atomic mass is 10.1. The van der Waals surface area contributed by atoms with Gasteiger partial charge in [0.1, 0.15) is 5.75 Å². The predicted octanol–water partition coefficient (Wildman–Crippen LogP) is 3.22. The number of phenolic OH excluding ortho intramolecular Hbond substituents is 1. The van der Waals surface area contributed by atoms with Gasteiger partial charge in [0.25, 0.3) is 0 Å². The second-order valence-electron chi connectivity index (χ2n) is 2.96. The Labute approximate surface area is 75.3 Å². The van der Waals surface area contributed by atoms with Crippen molar-refractivity contribution in [3.8, 4) is 5.75 Å². The molecule has 0 unspecified atom stereocenters. The minimum atomic E-state index is 0.351. The van der Waals surface area contributed by atoms with Crippen molar-refractivity contribution in [2.45, 2.75) is 13.8 Å². The molecule has 2 heteroatoms. The van der Waals surface area contributed by atoms with Crippen molar-refractivity contribution in [3.63, 3.8) is 0 Å². The van der Waals surface area contributed by atoms with Crippen molar-refractivity contribution in [1.29, 1.82) is 0 Å². The van der Waals surface area contributed by atoms with Gasteiger partial charge in [-0.2, -0.15) is 0 Å². The van der Waals surface area contributed by atoms with Crippen molar-refractivity contribution in [1.82, 2.24) is 0 Å². The summed E-state index contributed by atoms with van der Waals surface area (Å²) in [6, 6.07) is 5.53. The molecule has 0 bridgehead atoms. The van der Waals surface area contributed by atoms with Gasteiger partial charge in [0.15, 0.2) is 0 Å². The van der Waals surface area contributed by atoms with E-state index in [-0.39, 0.29) is 0 Å². The van der Waals surface area contributed by atoms with Gasteiger partial charge in [0.2, 0.25) is 0 Å². The first-order valence-corrected chi connectivity index (χ1v) is 4.69. The Hall–Kier alpha value is -1.02. The summed E-state index contributed by atoms with van der Waals surface area (Å²) in [5.41, 5.74) is 1.33. The number of aryl methyl sites for hydroxylation is 2. The van der Waals surface area contributed by atoms with E-state index in [0.717, 1.165) is 0 Å². The second kappa shape index (κ2) is 2.49. The van der Waals surface area contributed by atoms with Crippen molar-refractivity contribution in [2.75, 3.05) is 0 Å². The average molecular weight is 178 g/mol. The average Bonchev–Trinajstić information content (AvgIpc) is 2.28. The Morgan fingerprint density at radius 3 is 2.75 bits per heavy atom. The predicted molar refractivity (Wildman–Crippen MR) is 53.0 cm³/mol. The Morgan fingerprint density at radius 1 is 1.25 bits per heavy atom. The number of hydrogen-bond donors (Lipinski definition) is 1. The first-order valence-electron chi connectivity index (χ1n) is 3.87. The first-order chi connectivity index (χ1) is 5.68. The third-order valence-corrected chi connectivity index (χ3v) is 3.33. The van der Waals surface area contributed by atoms with Crippen LogP contribution in [0.15, 0.2) is 18.2 Å². The summed E-state index contributed by atoms with van der Waals surface area (Å²) >= 11 is 1.73. The summed E-state index contributed by atoms with van der Waals surface area (Å²) in [6.07, 6.45) is 0. The van der Waals surface area contributed by atoms with Crippen LogP contribution in [0.1, 0.15) is 10.4 Å². The second-order valence-corrected chi connectivity index (χ2v) is 4.22. The maximum Gasteiger partial charge on any atom is 0.117 e. The van der Waals surface area contributed by atoms with Crippen LogP contribution in [0.3, 0.4) is 0 Å². The monoisotopic (exact) mass is 178 g/mol. The summed E-state index contributed by atoms with van der Waals surface area (Å²) in [5.74, 6) is 0.351. The topological polar surface area (TPSA) is 20.2 Å². The molecule has 62 valence electrons. The van der Waals surface area contributed by atoms with Crippen molar-refractivity contribution < 1.29 is 5.11 Å². The van der Waals surface area contributed by atoms with Crippen LogP contribution < -0.4 is 0 Å². The summed E-state index contributed by atoms with van der Waals surface area (Å²) in [6.45, 7) is 4.22. The number of aromatic hydroxyl groups is 1. The third kappa shape index (κ3) is 0.994. The molecular weight excluding hydrogens is 168 g/mol. The molecule has 1 nitrogen and oxygen atoms in total. The quantitative estimate of drug-likeness (QED) is 0.656. The maximum absolute atomic E-state index is 9.24. The van der Waals surface area contributed by atoms with Crippen LogP contribution in [0.5, 0.6) is 5.75 Å². The fraction of sp³-hybridized carbons (Fsp3) is 0.200. The van der Waals surface area contributed by atoms with Crippen LogP contribution in [-0.2, 0) is 0 Å². The zero-order valence-corrected chi connectivity index (χ0v) is 7.90. The Kier molecular flexibility index (Phi) is 1.58. The number of phenols is 1. The molecule has 0 aliphatic carbocycles. The van der Waals surface area contributed by atoms with E-state index in [0.29, 0.717) is 5.75 Å². The highest BCUT2D eigenvalue weighted by Crippen LogP contribution is 2.32. The number of fused-ring (bicyclic) bond motifs is 1. The van der Waals surface area contributed by atoms with E-state index in [1.807, 2.05) is 12.1 Å². The van der Waals surface area contributed by atoms with Crippen molar-refractivity contribution >= 4 is 21.4 Å². The molecule has 1 aromatic carbocycles. The Bertz CT molecular complexity index is 429. The highest BCUT2D eigenvalue weighted by atomic mass is 32.1. The number of benzene rings is 1. The van der Waals surface area contributed by atoms with Crippen LogP contribution in [-0.4, -0.2) is 5.11 Å². The van der Waals surface area contributed by atoms with Crippen LogP contribution in [0.2, 0.25) is 0 Å². The summed E-state index contributed by atoms with van der Waals surface area (Å²) in [7, 11) is 0. The van der Waals surface area contributed by atoms with Gasteiger partial charge < -0.3 is 5.11 Å². The lowest BCUT2D eigenvalue weighted by Crippen LogP contribution is -1.69. The molecule has 0 spiro atoms. The molecule has 0 atom stereocenters. The molecule has 1 N–H and O–H groups in total. The smallest absolute Gasteiger partial charge is 0.117 e. The zero-order chi connectivity index (χ0) is 8.72. The van der Waals surface area contributed by atoms with E-state index in [1.54, 1.807) is 17.4 Å². The highest BCUT2D eigenvalue weighted by molar-refractivity contribution is 7.19. The van der Waals surface area contributed by atoms with E-state index < -0.39 is 0 Å². The molecule has 2 aromatic rings. The molecule has 0 amide bonds. The minimum absolute atomic E-state index is 0.351. The molecule has 0 saturated carbocycles. The molecular formula is C10H10OS. The molecule has 0 fully saturated rings. The van der Waals surface area contributed by atoms with E-state index in [4.69, 9.17) is 0 Å². The van der Waals surface area contributed by atoms with Gasteiger partial charge in [-0.1, -0.05) is 0 Å². The van der Waals surface area contributed by atoms with E-state index in [9.17, 15) is 5.11 Å². The number of hydrogen-bond acceptors (Lipinski definition) is 2. The van der Waals surface area contributed by atoms with Crippen LogP contribution >= 0.6 is 11.3 Å². The fourth-order valence-corrected chi connectivity index (χ4v) is 2.44. The molecule has 0 aliphatic rings. The fourth-order valence-electron chi connectivity index (χ4n) is 1.34. The largest absolute Gasteiger partial charge is 0.508 e. The molecule has 1 heterocycles. The van der Waals surface area contributed by atoms with Gasteiger partial charge in [-0.05, 0) is 43.0 Å². The minimum Gasteiger partial charge on any atom is -0.508 e. The van der Waals surface area contributed by atoms with Gasteiger partial charge in [-0.25, -0.2) is 0 Å². The summed E-state index contributed by atoms with van der Waals surface area (Å²) in [5, 5.41) is 10.5. The van der Waals surface area contributed by atoms with Crippen LogP contribution in [0.25, 0.3) is 10.1 Å². The molecule has 0 saturated heterocycles. The van der Waals surface area contributed by atoms with Gasteiger partial charge >= 0.3 is 0 Å². The van der Waals surface area contributed by atoms with Gasteiger partial charge in [-0.15, -0.1) is 11.3 Å². The van der Waals surface area contributed by atoms with E-state index in [1.165, 1.54) is 20.5 Å². The summed E-state index contributed by atoms with van der Waals surface area (Å²) in [4.78, 5) is 1.33. The van der Waals surface area contributed by atoms with Gasteiger partial charge in [-0.3, -0.25) is 0 Å². The first kappa shape index (κ1) is 7.62. The zero-order valence-electron chi connectivity index (χ0n) is 7.09. The Balaban J connectivity index is 2.87. The van der Waals surface area contributed by atoms with E-state index in [2.05, 4.69) is 13.8 Å². The van der Waals surface area contributed by atoms with Gasteiger partial charge in [0.05, 0.1) is 0 Å². The highest BCUT2D eigenvalue weighted by Gasteiger charge is 2.04. The van der Waals surface area contributed by atoms with Crippen LogP contribution in [0, 0.1) is 13.8 Å². The molecule has 0 aliphatic heterocycles. The maximum atomic E-state index is 9.24. The van der Waals surface area contributed by atoms with E-state index >= 15 is 0 Å². The van der Waals surface area contributed by atoms with Crippen molar-refractivity contribution in [2.24, 2.45) is 0 Å². The third-order valence-electron chi connectivity index (χ3n) is 2.16. The molecule has 12 heavy (non-hydrogen) atoms. The molecule has 2 rings (SSSR count). The standard InChI is InChI=1S/C10H10OS/c1-6-7(2)12-10-5-8(11)3-4-9(6)10/h3-5,11H,1-2H3. The lowest BCUT2D eigenvalue weighted by molar-refractivity contribution is 0.476. The number of thiophene rings is 1. The molecule has 1 aromatic heterocycles. The van der Waals surface area contributed by atoms with Gasteiger partial charge in [0, 0.05) is 9.58 Å². The van der Waals surface area contributed by atoms with Crippen molar-refractivity contribution in [3.05, 3.63) is 28.6 Å². The number of rotatable bonds is 0. The molecule has 0 radical (unpaired) electrons. The van der Waals surface area contributed by atoms with Crippen LogP contribution in [0.4, 0.5) is 0 Å². The Morgan fingerprint density at radius 2 is 2.00 bits per heavy atom. The lowest BCUT2D eigenvalue weighted by Gasteiger charge is -1.92. The summed E-state index contributed by atoms with van der Waals surface area (Å²) < 4.78 is 1.17. The normalized spacial score (nSPS) is 10.8.